The molecule has 148 valence electrons. The van der Waals surface area contributed by atoms with E-state index in [1.54, 1.807) is 6.92 Å². The van der Waals surface area contributed by atoms with Gasteiger partial charge in [0.25, 0.3) is 0 Å². The number of nitrogens with two attached hydrogens (primary N) is 1. The Kier molecular flexibility index (Phi) is 4.89. The fourth-order valence-corrected chi connectivity index (χ4v) is 5.40. The normalized spacial score (nSPS) is 16.5. The van der Waals surface area contributed by atoms with E-state index in [1.165, 1.54) is 46.5 Å². The van der Waals surface area contributed by atoms with Crippen LogP contribution in [0.4, 0.5) is 11.4 Å². The SMILES string of the molecule is C[C@H](NS(=O)(=O)c1ccc(N)cc1)C(=O)Nc1c2c(cc3c1CCC3)CCC2. The molecule has 2 aliphatic rings. The molecule has 6 nitrogen and oxygen atoms in total. The summed E-state index contributed by atoms with van der Waals surface area (Å²) >= 11 is 0. The molecule has 2 aliphatic carbocycles. The first-order valence-corrected chi connectivity index (χ1v) is 11.2. The molecule has 0 unspecified atom stereocenters. The Morgan fingerprint density at radius 2 is 1.57 bits per heavy atom. The first kappa shape index (κ1) is 19.0. The molecule has 2 aromatic rings. The second-order valence-corrected chi connectivity index (χ2v) is 9.35. The summed E-state index contributed by atoms with van der Waals surface area (Å²) in [5, 5.41) is 3.04. The Bertz CT molecular complexity index is 998. The molecule has 2 aromatic carbocycles. The maximum atomic E-state index is 12.8. The molecule has 0 bridgehead atoms. The third kappa shape index (κ3) is 3.52. The van der Waals surface area contributed by atoms with Gasteiger partial charge in [-0.1, -0.05) is 6.07 Å². The van der Waals surface area contributed by atoms with Crippen LogP contribution in [0, 0.1) is 0 Å². The first-order chi connectivity index (χ1) is 13.3. The number of carbonyl (C=O) groups excluding carboxylic acids is 1. The predicted octanol–water partition coefficient (Wildman–Crippen LogP) is 2.55. The summed E-state index contributed by atoms with van der Waals surface area (Å²) in [4.78, 5) is 12.9. The Hall–Kier alpha value is -2.38. The van der Waals surface area contributed by atoms with Crippen LogP contribution in [0.2, 0.25) is 0 Å². The highest BCUT2D eigenvalue weighted by Gasteiger charge is 2.27. The largest absolute Gasteiger partial charge is 0.399 e. The van der Waals surface area contributed by atoms with Crippen LogP contribution in [0.15, 0.2) is 35.2 Å². The van der Waals surface area contributed by atoms with E-state index >= 15 is 0 Å². The molecule has 7 heteroatoms. The van der Waals surface area contributed by atoms with Crippen LogP contribution in [0.3, 0.4) is 0 Å². The number of sulfonamides is 1. The zero-order chi connectivity index (χ0) is 19.9. The van der Waals surface area contributed by atoms with E-state index in [2.05, 4.69) is 16.1 Å². The number of nitrogens with one attached hydrogen (secondary N) is 2. The van der Waals surface area contributed by atoms with Crippen LogP contribution in [-0.4, -0.2) is 20.4 Å². The number of hydrogen-bond donors (Lipinski definition) is 3. The van der Waals surface area contributed by atoms with Crippen LogP contribution >= 0.6 is 0 Å². The molecule has 1 amide bonds. The van der Waals surface area contributed by atoms with Crippen molar-refractivity contribution in [3.63, 3.8) is 0 Å². The number of anilines is 2. The lowest BCUT2D eigenvalue weighted by atomic mass is 9.98. The summed E-state index contributed by atoms with van der Waals surface area (Å²) in [7, 11) is -3.80. The number of carbonyl (C=O) groups is 1. The summed E-state index contributed by atoms with van der Waals surface area (Å²) in [6.45, 7) is 1.56. The molecule has 0 aliphatic heterocycles. The number of rotatable bonds is 5. The summed E-state index contributed by atoms with van der Waals surface area (Å²) in [5.41, 5.74) is 12.1. The Morgan fingerprint density at radius 1 is 1.00 bits per heavy atom. The fraction of sp³-hybridized carbons (Fsp3) is 0.381. The molecule has 1 atom stereocenters. The average Bonchev–Trinajstić information content (AvgIpc) is 3.30. The van der Waals surface area contributed by atoms with E-state index in [-0.39, 0.29) is 10.8 Å². The third-order valence-electron chi connectivity index (χ3n) is 5.64. The molecule has 0 spiro atoms. The Morgan fingerprint density at radius 3 is 2.14 bits per heavy atom. The molecule has 4 rings (SSSR count). The minimum absolute atomic E-state index is 0.0860. The monoisotopic (exact) mass is 399 g/mol. The van der Waals surface area contributed by atoms with Gasteiger partial charge in [0.05, 0.1) is 10.9 Å². The van der Waals surface area contributed by atoms with Crippen LogP contribution in [0.1, 0.15) is 42.0 Å². The molecule has 0 aromatic heterocycles. The van der Waals surface area contributed by atoms with Crippen molar-refractivity contribution in [3.8, 4) is 0 Å². The van der Waals surface area contributed by atoms with Gasteiger partial charge >= 0.3 is 0 Å². The number of benzene rings is 2. The zero-order valence-corrected chi connectivity index (χ0v) is 16.7. The van der Waals surface area contributed by atoms with Crippen LogP contribution in [-0.2, 0) is 40.5 Å². The van der Waals surface area contributed by atoms with Crippen molar-refractivity contribution >= 4 is 27.3 Å². The minimum Gasteiger partial charge on any atom is -0.399 e. The second kappa shape index (κ2) is 7.22. The average molecular weight is 400 g/mol. The molecule has 0 fully saturated rings. The molecule has 4 N–H and O–H groups in total. The van der Waals surface area contributed by atoms with Crippen LogP contribution < -0.4 is 15.8 Å². The van der Waals surface area contributed by atoms with Gasteiger partial charge in [-0.05, 0) is 92.0 Å². The van der Waals surface area contributed by atoms with Gasteiger partial charge in [0, 0.05) is 11.4 Å². The smallest absolute Gasteiger partial charge is 0.242 e. The molecule has 28 heavy (non-hydrogen) atoms. The molecule has 0 saturated carbocycles. The molecule has 0 heterocycles. The lowest BCUT2D eigenvalue weighted by Crippen LogP contribution is -2.41. The summed E-state index contributed by atoms with van der Waals surface area (Å²) in [6, 6.07) is 7.31. The topological polar surface area (TPSA) is 101 Å². The van der Waals surface area contributed by atoms with E-state index in [1.807, 2.05) is 0 Å². The van der Waals surface area contributed by atoms with Crippen molar-refractivity contribution in [3.05, 3.63) is 52.6 Å². The van der Waals surface area contributed by atoms with Crippen molar-refractivity contribution in [2.24, 2.45) is 0 Å². The summed E-state index contributed by atoms with van der Waals surface area (Å²) < 4.78 is 27.6. The molecular weight excluding hydrogens is 374 g/mol. The lowest BCUT2D eigenvalue weighted by Gasteiger charge is -2.19. The maximum absolute atomic E-state index is 12.8. The van der Waals surface area contributed by atoms with Crippen molar-refractivity contribution < 1.29 is 13.2 Å². The first-order valence-electron chi connectivity index (χ1n) is 9.70. The number of amides is 1. The van der Waals surface area contributed by atoms with Gasteiger partial charge in [0.15, 0.2) is 0 Å². The number of hydrogen-bond acceptors (Lipinski definition) is 4. The fourth-order valence-electron chi connectivity index (χ4n) is 4.20. The van der Waals surface area contributed by atoms with E-state index in [9.17, 15) is 13.2 Å². The van der Waals surface area contributed by atoms with Gasteiger partial charge in [-0.3, -0.25) is 4.79 Å². The van der Waals surface area contributed by atoms with Crippen molar-refractivity contribution in [1.82, 2.24) is 4.72 Å². The van der Waals surface area contributed by atoms with Gasteiger partial charge < -0.3 is 11.1 Å². The lowest BCUT2D eigenvalue weighted by molar-refractivity contribution is -0.117. The van der Waals surface area contributed by atoms with Crippen molar-refractivity contribution in [2.45, 2.75) is 56.4 Å². The second-order valence-electron chi connectivity index (χ2n) is 7.64. The Labute approximate surface area is 165 Å². The highest BCUT2D eigenvalue weighted by molar-refractivity contribution is 7.89. The van der Waals surface area contributed by atoms with E-state index in [0.717, 1.165) is 44.2 Å². The van der Waals surface area contributed by atoms with Gasteiger partial charge in [0.1, 0.15) is 0 Å². The Balaban J connectivity index is 1.54. The van der Waals surface area contributed by atoms with Gasteiger partial charge in [-0.15, -0.1) is 0 Å². The molecular formula is C21H25N3O3S. The highest BCUT2D eigenvalue weighted by atomic mass is 32.2. The van der Waals surface area contributed by atoms with E-state index in [0.29, 0.717) is 5.69 Å². The van der Waals surface area contributed by atoms with Crippen molar-refractivity contribution in [1.29, 1.82) is 0 Å². The van der Waals surface area contributed by atoms with Crippen LogP contribution in [0.25, 0.3) is 0 Å². The molecule has 0 saturated heterocycles. The molecule has 0 radical (unpaired) electrons. The van der Waals surface area contributed by atoms with Crippen LogP contribution in [0.5, 0.6) is 0 Å². The van der Waals surface area contributed by atoms with Gasteiger partial charge in [-0.25, -0.2) is 8.42 Å². The van der Waals surface area contributed by atoms with Crippen molar-refractivity contribution in [2.75, 3.05) is 11.1 Å². The predicted molar refractivity (Wildman–Crippen MR) is 110 cm³/mol. The number of aryl methyl sites for hydroxylation is 2. The number of nitrogen functional groups attached to an aromatic ring is 1. The van der Waals surface area contributed by atoms with Gasteiger partial charge in [-0.2, -0.15) is 4.72 Å². The summed E-state index contributed by atoms with van der Waals surface area (Å²) in [6.07, 6.45) is 6.21. The summed E-state index contributed by atoms with van der Waals surface area (Å²) in [5.74, 6) is -0.339. The van der Waals surface area contributed by atoms with Gasteiger partial charge in [0.2, 0.25) is 15.9 Å². The quantitative estimate of drug-likeness (QED) is 0.673. The highest BCUT2D eigenvalue weighted by Crippen LogP contribution is 2.38. The zero-order valence-electron chi connectivity index (χ0n) is 15.9. The standard InChI is InChI=1S/C21H25N3O3S/c1-13(24-28(26,27)17-10-8-16(22)9-11-17)21(25)23-20-18-6-2-4-14(18)12-15-5-3-7-19(15)20/h8-13,24H,2-7,22H2,1H3,(H,23,25)/t13-/m0/s1. The number of fused-ring (bicyclic) bond motifs is 2. The third-order valence-corrected chi connectivity index (χ3v) is 7.19. The van der Waals surface area contributed by atoms with E-state index in [4.69, 9.17) is 5.73 Å². The minimum atomic E-state index is -3.80. The van der Waals surface area contributed by atoms with E-state index < -0.39 is 16.1 Å². The maximum Gasteiger partial charge on any atom is 0.242 e.